The quantitative estimate of drug-likeness (QED) is 0.716. The maximum Gasteiger partial charge on any atom is 0.115 e. The van der Waals surface area contributed by atoms with Gasteiger partial charge in [-0.05, 0) is 18.2 Å². The lowest BCUT2D eigenvalue weighted by Gasteiger charge is -2.39. The van der Waals surface area contributed by atoms with Crippen LogP contribution < -0.4 is 4.90 Å². The van der Waals surface area contributed by atoms with Crippen molar-refractivity contribution in [2.75, 3.05) is 38.2 Å². The lowest BCUT2D eigenvalue weighted by atomic mass is 10.1. The molecule has 1 aromatic rings. The number of allylic oxidation sites excluding steroid dienone is 2. The third-order valence-electron chi connectivity index (χ3n) is 4.04. The molecule has 1 aromatic carbocycles. The minimum Gasteiger partial charge on any atom is -0.368 e. The van der Waals surface area contributed by atoms with Gasteiger partial charge in [0, 0.05) is 49.8 Å². The third-order valence-corrected chi connectivity index (χ3v) is 4.41. The van der Waals surface area contributed by atoms with Gasteiger partial charge in [0.25, 0.3) is 0 Å². The molecule has 6 heteroatoms. The van der Waals surface area contributed by atoms with Gasteiger partial charge in [0.05, 0.1) is 11.3 Å². The van der Waals surface area contributed by atoms with Gasteiger partial charge < -0.3 is 9.64 Å². The number of hydrogen-bond donors (Lipinski definition) is 0. The van der Waals surface area contributed by atoms with Gasteiger partial charge in [-0.25, -0.2) is 0 Å². The number of hydrogen-bond acceptors (Lipinski definition) is 4. The van der Waals surface area contributed by atoms with E-state index in [2.05, 4.69) is 22.4 Å². The van der Waals surface area contributed by atoms with Gasteiger partial charge >= 0.3 is 0 Å². The third kappa shape index (κ3) is 4.99. The van der Waals surface area contributed by atoms with E-state index in [0.29, 0.717) is 22.0 Å². The van der Waals surface area contributed by atoms with Crippen LogP contribution in [0.1, 0.15) is 12.0 Å². The number of nitrogens with zero attached hydrogens (tertiary/aromatic N) is 3. The predicted molar refractivity (Wildman–Crippen MR) is 99.3 cm³/mol. The highest BCUT2D eigenvalue weighted by Gasteiger charge is 2.25. The van der Waals surface area contributed by atoms with Crippen molar-refractivity contribution < 1.29 is 4.74 Å². The van der Waals surface area contributed by atoms with E-state index in [4.69, 9.17) is 27.9 Å². The van der Waals surface area contributed by atoms with E-state index in [1.54, 1.807) is 13.2 Å². The lowest BCUT2D eigenvalue weighted by molar-refractivity contribution is -0.0329. The maximum atomic E-state index is 9.25. The van der Waals surface area contributed by atoms with Gasteiger partial charge in [-0.2, -0.15) is 5.26 Å². The van der Waals surface area contributed by atoms with Crippen LogP contribution in [0.15, 0.2) is 47.0 Å². The smallest absolute Gasteiger partial charge is 0.115 e. The van der Waals surface area contributed by atoms with E-state index >= 15 is 0 Å². The van der Waals surface area contributed by atoms with Gasteiger partial charge in [-0.3, -0.25) is 4.90 Å². The van der Waals surface area contributed by atoms with Crippen LogP contribution in [0.5, 0.6) is 0 Å². The van der Waals surface area contributed by atoms with Crippen molar-refractivity contribution in [3.8, 4) is 6.07 Å². The number of halogens is 2. The van der Waals surface area contributed by atoms with Crippen LogP contribution in [0.3, 0.4) is 0 Å². The fraction of sp³-hybridized carbons (Fsp3) is 0.389. The van der Waals surface area contributed by atoms with Gasteiger partial charge in [0.1, 0.15) is 12.3 Å². The molecule has 1 saturated heterocycles. The van der Waals surface area contributed by atoms with Crippen molar-refractivity contribution in [2.45, 2.75) is 12.6 Å². The van der Waals surface area contributed by atoms with Crippen LogP contribution in [0, 0.1) is 11.3 Å². The number of anilines is 1. The molecular weight excluding hydrogens is 345 g/mol. The molecule has 24 heavy (non-hydrogen) atoms. The Kier molecular flexibility index (Phi) is 7.14. The fourth-order valence-corrected chi connectivity index (χ4v) is 3.30. The predicted octanol–water partition coefficient (Wildman–Crippen LogP) is 3.92. The summed E-state index contributed by atoms with van der Waals surface area (Å²) in [6.07, 6.45) is 2.12. The Morgan fingerprint density at radius 3 is 2.58 bits per heavy atom. The van der Waals surface area contributed by atoms with Crippen molar-refractivity contribution in [3.05, 3.63) is 52.5 Å². The molecule has 1 unspecified atom stereocenters. The van der Waals surface area contributed by atoms with E-state index in [0.717, 1.165) is 31.9 Å². The van der Waals surface area contributed by atoms with Crippen LogP contribution in [-0.4, -0.2) is 44.4 Å². The number of rotatable bonds is 6. The highest BCUT2D eigenvalue weighted by atomic mass is 35.5. The molecule has 0 radical (unpaired) electrons. The molecule has 0 N–H and O–H groups in total. The molecule has 0 amide bonds. The molecule has 128 valence electrons. The Morgan fingerprint density at radius 2 is 2.00 bits per heavy atom. The minimum atomic E-state index is -0.0990. The van der Waals surface area contributed by atoms with E-state index in [9.17, 15) is 5.26 Å². The zero-order valence-electron chi connectivity index (χ0n) is 13.7. The van der Waals surface area contributed by atoms with Crippen molar-refractivity contribution >= 4 is 28.9 Å². The summed E-state index contributed by atoms with van der Waals surface area (Å²) in [5, 5.41) is 10.3. The van der Waals surface area contributed by atoms with Gasteiger partial charge in [0.15, 0.2) is 0 Å². The summed E-state index contributed by atoms with van der Waals surface area (Å²) in [5.41, 5.74) is 1.70. The molecule has 1 atom stereocenters. The Labute approximate surface area is 153 Å². The summed E-state index contributed by atoms with van der Waals surface area (Å²) in [6.45, 7) is 6.96. The standard InChI is InChI=1S/C18H21Cl2N3O/c1-14(19)11-16(20)12-18(24-2)23-9-7-22(8-10-23)17-6-4-3-5-15(17)13-21/h3-6,11,18H,1,7-10,12H2,2H3/b16-11+. The van der Waals surface area contributed by atoms with Crippen LogP contribution in [-0.2, 0) is 4.74 Å². The van der Waals surface area contributed by atoms with E-state index in [1.807, 2.05) is 24.3 Å². The zero-order chi connectivity index (χ0) is 17.5. The SMILES string of the molecule is C=C(Cl)/C=C(/Cl)CC(OC)N1CCN(c2ccccc2C#N)CC1. The molecule has 0 aliphatic carbocycles. The second-order valence-corrected chi connectivity index (χ2v) is 6.56. The van der Waals surface area contributed by atoms with Gasteiger partial charge in [-0.15, -0.1) is 0 Å². The number of nitriles is 1. The highest BCUT2D eigenvalue weighted by molar-refractivity contribution is 6.34. The highest BCUT2D eigenvalue weighted by Crippen LogP contribution is 2.24. The first-order valence-electron chi connectivity index (χ1n) is 7.76. The first kappa shape index (κ1) is 18.8. The first-order valence-corrected chi connectivity index (χ1v) is 8.52. The molecule has 1 heterocycles. The topological polar surface area (TPSA) is 39.5 Å². The Bertz CT molecular complexity index is 646. The molecular formula is C18H21Cl2N3O. The van der Waals surface area contributed by atoms with E-state index in [-0.39, 0.29) is 6.23 Å². The van der Waals surface area contributed by atoms with Gasteiger partial charge in [0.2, 0.25) is 0 Å². The summed E-state index contributed by atoms with van der Waals surface area (Å²) in [4.78, 5) is 4.48. The second-order valence-electron chi connectivity index (χ2n) is 5.58. The van der Waals surface area contributed by atoms with Crippen molar-refractivity contribution in [3.63, 3.8) is 0 Å². The zero-order valence-corrected chi connectivity index (χ0v) is 15.2. The average molecular weight is 366 g/mol. The second kappa shape index (κ2) is 9.10. The number of ether oxygens (including phenoxy) is 1. The van der Waals surface area contributed by atoms with Crippen molar-refractivity contribution in [1.29, 1.82) is 5.26 Å². The van der Waals surface area contributed by atoms with Crippen LogP contribution >= 0.6 is 23.2 Å². The molecule has 1 aliphatic rings. The molecule has 0 spiro atoms. The Balaban J connectivity index is 1.98. The fourth-order valence-electron chi connectivity index (χ4n) is 2.85. The number of para-hydroxylation sites is 1. The molecule has 1 fully saturated rings. The summed E-state index contributed by atoms with van der Waals surface area (Å²) in [5.74, 6) is 0. The maximum absolute atomic E-state index is 9.25. The molecule has 4 nitrogen and oxygen atoms in total. The number of methoxy groups -OCH3 is 1. The summed E-state index contributed by atoms with van der Waals surface area (Å²) < 4.78 is 5.58. The van der Waals surface area contributed by atoms with Crippen LogP contribution in [0.2, 0.25) is 0 Å². The molecule has 0 aromatic heterocycles. The summed E-state index contributed by atoms with van der Waals surface area (Å²) in [7, 11) is 1.68. The molecule has 1 aliphatic heterocycles. The summed E-state index contributed by atoms with van der Waals surface area (Å²) >= 11 is 12.0. The van der Waals surface area contributed by atoms with Crippen LogP contribution in [0.25, 0.3) is 0 Å². The molecule has 2 rings (SSSR count). The number of benzene rings is 1. The summed E-state index contributed by atoms with van der Waals surface area (Å²) in [6, 6.07) is 9.95. The average Bonchev–Trinajstić information content (AvgIpc) is 2.59. The lowest BCUT2D eigenvalue weighted by Crippen LogP contribution is -2.51. The van der Waals surface area contributed by atoms with Crippen molar-refractivity contribution in [2.24, 2.45) is 0 Å². The normalized spacial score (nSPS) is 17.4. The largest absolute Gasteiger partial charge is 0.368 e. The van der Waals surface area contributed by atoms with Gasteiger partial charge in [-0.1, -0.05) is 41.9 Å². The van der Waals surface area contributed by atoms with Crippen LogP contribution in [0.4, 0.5) is 5.69 Å². The molecule has 0 saturated carbocycles. The monoisotopic (exact) mass is 365 g/mol. The number of piperazine rings is 1. The Hall–Kier alpha value is -1.51. The minimum absolute atomic E-state index is 0.0990. The van der Waals surface area contributed by atoms with E-state index in [1.165, 1.54) is 0 Å². The first-order chi connectivity index (χ1) is 11.5. The molecule has 0 bridgehead atoms. The van der Waals surface area contributed by atoms with Crippen molar-refractivity contribution in [1.82, 2.24) is 4.90 Å². The van der Waals surface area contributed by atoms with E-state index < -0.39 is 0 Å². The Morgan fingerprint density at radius 1 is 1.33 bits per heavy atom.